The highest BCUT2D eigenvalue weighted by Crippen LogP contribution is 2.34. The van der Waals surface area contributed by atoms with Crippen molar-refractivity contribution in [2.24, 2.45) is 5.73 Å². The Morgan fingerprint density at radius 3 is 2.35 bits per heavy atom. The van der Waals surface area contributed by atoms with Crippen LogP contribution in [-0.4, -0.2) is 5.25 Å². The highest BCUT2D eigenvalue weighted by molar-refractivity contribution is 9.10. The molecule has 20 heavy (non-hydrogen) atoms. The van der Waals surface area contributed by atoms with Crippen LogP contribution < -0.4 is 5.73 Å². The van der Waals surface area contributed by atoms with E-state index in [0.29, 0.717) is 5.25 Å². The molecule has 0 saturated carbocycles. The van der Waals surface area contributed by atoms with E-state index in [-0.39, 0.29) is 6.04 Å². The van der Waals surface area contributed by atoms with Crippen molar-refractivity contribution < 1.29 is 0 Å². The number of thioether (sulfide) groups is 1. The van der Waals surface area contributed by atoms with Gasteiger partial charge in [0.2, 0.25) is 0 Å². The number of rotatable bonds is 5. The molecule has 0 amide bonds. The smallest absolute Gasteiger partial charge is 0.0416 e. The van der Waals surface area contributed by atoms with Gasteiger partial charge in [0, 0.05) is 20.7 Å². The van der Waals surface area contributed by atoms with Crippen LogP contribution >= 0.6 is 27.7 Å². The van der Waals surface area contributed by atoms with Gasteiger partial charge in [-0.25, -0.2) is 0 Å². The second kappa shape index (κ2) is 7.30. The Morgan fingerprint density at radius 2 is 1.75 bits per heavy atom. The van der Waals surface area contributed by atoms with Gasteiger partial charge < -0.3 is 5.73 Å². The number of nitrogens with two attached hydrogens (primary N) is 1. The lowest BCUT2D eigenvalue weighted by atomic mass is 10.0. The predicted molar refractivity (Wildman–Crippen MR) is 92.2 cm³/mol. The molecule has 2 rings (SSSR count). The van der Waals surface area contributed by atoms with E-state index in [2.05, 4.69) is 72.2 Å². The summed E-state index contributed by atoms with van der Waals surface area (Å²) in [5.41, 5.74) is 8.95. The Bertz CT molecular complexity index is 553. The normalized spacial score (nSPS) is 14.0. The zero-order chi connectivity index (χ0) is 14.5. The van der Waals surface area contributed by atoms with E-state index < -0.39 is 0 Å². The molecule has 2 aromatic rings. The van der Waals surface area contributed by atoms with Crippen molar-refractivity contribution in [3.05, 3.63) is 64.1 Å². The van der Waals surface area contributed by atoms with E-state index >= 15 is 0 Å². The summed E-state index contributed by atoms with van der Waals surface area (Å²) >= 11 is 5.40. The van der Waals surface area contributed by atoms with Crippen molar-refractivity contribution in [2.45, 2.75) is 36.5 Å². The fourth-order valence-electron chi connectivity index (χ4n) is 2.06. The number of benzene rings is 2. The van der Waals surface area contributed by atoms with Gasteiger partial charge in [0.25, 0.3) is 0 Å². The lowest BCUT2D eigenvalue weighted by Crippen LogP contribution is -2.21. The predicted octanol–water partition coefficient (Wildman–Crippen LogP) is 5.19. The molecule has 2 aromatic carbocycles. The molecule has 0 bridgehead atoms. The molecule has 0 heterocycles. The third-order valence-electron chi connectivity index (χ3n) is 3.43. The molecule has 0 saturated heterocycles. The monoisotopic (exact) mass is 349 g/mol. The molecule has 0 fully saturated rings. The van der Waals surface area contributed by atoms with Crippen LogP contribution in [0.5, 0.6) is 0 Å². The topological polar surface area (TPSA) is 26.0 Å². The second-order valence-corrected chi connectivity index (χ2v) is 7.15. The Labute approximate surface area is 134 Å². The average Bonchev–Trinajstić information content (AvgIpc) is 2.49. The first kappa shape index (κ1) is 15.6. The van der Waals surface area contributed by atoms with Crippen LogP contribution in [0.25, 0.3) is 0 Å². The van der Waals surface area contributed by atoms with E-state index in [9.17, 15) is 0 Å². The van der Waals surface area contributed by atoms with Gasteiger partial charge >= 0.3 is 0 Å². The van der Waals surface area contributed by atoms with Crippen LogP contribution in [0, 0.1) is 0 Å². The molecule has 106 valence electrons. The van der Waals surface area contributed by atoms with Gasteiger partial charge in [-0.2, -0.15) is 0 Å². The van der Waals surface area contributed by atoms with Crippen molar-refractivity contribution in [1.82, 2.24) is 0 Å². The molecule has 0 aliphatic heterocycles. The molecule has 0 aliphatic rings. The first-order valence-corrected chi connectivity index (χ1v) is 8.54. The minimum Gasteiger partial charge on any atom is -0.323 e. The molecular weight excluding hydrogens is 330 g/mol. The lowest BCUT2D eigenvalue weighted by molar-refractivity contribution is 0.714. The third kappa shape index (κ3) is 3.87. The molecule has 0 radical (unpaired) electrons. The number of halogens is 1. The second-order valence-electron chi connectivity index (χ2n) is 4.87. The molecule has 2 unspecified atom stereocenters. The Balaban J connectivity index is 2.08. The standard InChI is InChI=1S/C17H20BrNS/c1-3-13-8-10-14(11-9-13)17(19)12(2)20-16-7-5-4-6-15(16)18/h4-12,17H,3,19H2,1-2H3. The van der Waals surface area contributed by atoms with Crippen LogP contribution in [0.4, 0.5) is 0 Å². The van der Waals surface area contributed by atoms with Gasteiger partial charge in [-0.05, 0) is 45.6 Å². The highest BCUT2D eigenvalue weighted by atomic mass is 79.9. The highest BCUT2D eigenvalue weighted by Gasteiger charge is 2.17. The largest absolute Gasteiger partial charge is 0.323 e. The van der Waals surface area contributed by atoms with Crippen molar-refractivity contribution in [1.29, 1.82) is 0 Å². The third-order valence-corrected chi connectivity index (χ3v) is 5.66. The SMILES string of the molecule is CCc1ccc(C(N)C(C)Sc2ccccc2Br)cc1. The molecule has 0 spiro atoms. The minimum absolute atomic E-state index is 0.0398. The average molecular weight is 350 g/mol. The zero-order valence-electron chi connectivity index (χ0n) is 11.8. The number of hydrogen-bond acceptors (Lipinski definition) is 2. The van der Waals surface area contributed by atoms with E-state index in [1.54, 1.807) is 0 Å². The van der Waals surface area contributed by atoms with Crippen LogP contribution in [0.15, 0.2) is 57.9 Å². The van der Waals surface area contributed by atoms with Gasteiger partial charge in [-0.15, -0.1) is 11.8 Å². The van der Waals surface area contributed by atoms with Crippen molar-refractivity contribution in [3.8, 4) is 0 Å². The number of hydrogen-bond donors (Lipinski definition) is 1. The van der Waals surface area contributed by atoms with Crippen LogP contribution in [0.1, 0.15) is 31.0 Å². The summed E-state index contributed by atoms with van der Waals surface area (Å²) in [5.74, 6) is 0. The maximum Gasteiger partial charge on any atom is 0.0416 e. The van der Waals surface area contributed by atoms with Gasteiger partial charge in [0.1, 0.15) is 0 Å². The molecule has 2 atom stereocenters. The quantitative estimate of drug-likeness (QED) is 0.751. The van der Waals surface area contributed by atoms with E-state index in [4.69, 9.17) is 5.73 Å². The summed E-state index contributed by atoms with van der Waals surface area (Å²) in [4.78, 5) is 1.24. The minimum atomic E-state index is 0.0398. The summed E-state index contributed by atoms with van der Waals surface area (Å²) in [6, 6.07) is 17.0. The molecule has 2 N–H and O–H groups in total. The summed E-state index contributed by atoms with van der Waals surface area (Å²) in [5, 5.41) is 0.321. The van der Waals surface area contributed by atoms with E-state index in [1.165, 1.54) is 16.0 Å². The number of aryl methyl sites for hydroxylation is 1. The molecule has 0 aromatic heterocycles. The summed E-state index contributed by atoms with van der Waals surface area (Å²) in [7, 11) is 0. The molecule has 3 heteroatoms. The first-order chi connectivity index (χ1) is 9.61. The molecular formula is C17H20BrNS. The van der Waals surface area contributed by atoms with Crippen molar-refractivity contribution in [3.63, 3.8) is 0 Å². The van der Waals surface area contributed by atoms with Crippen LogP contribution in [-0.2, 0) is 6.42 Å². The van der Waals surface area contributed by atoms with E-state index in [1.807, 2.05) is 17.8 Å². The Hall–Kier alpha value is -0.770. The van der Waals surface area contributed by atoms with Gasteiger partial charge in [0.15, 0.2) is 0 Å². The van der Waals surface area contributed by atoms with Gasteiger partial charge in [-0.1, -0.05) is 50.2 Å². The first-order valence-electron chi connectivity index (χ1n) is 6.87. The molecule has 0 aliphatic carbocycles. The molecule has 1 nitrogen and oxygen atoms in total. The maximum absolute atomic E-state index is 6.39. The Morgan fingerprint density at radius 1 is 1.10 bits per heavy atom. The van der Waals surface area contributed by atoms with Crippen LogP contribution in [0.3, 0.4) is 0 Å². The summed E-state index contributed by atoms with van der Waals surface area (Å²) in [6.07, 6.45) is 1.07. The Kier molecular flexibility index (Phi) is 5.70. The van der Waals surface area contributed by atoms with E-state index in [0.717, 1.165) is 10.9 Å². The van der Waals surface area contributed by atoms with Gasteiger partial charge in [-0.3, -0.25) is 0 Å². The van der Waals surface area contributed by atoms with Gasteiger partial charge in [0.05, 0.1) is 0 Å². The fraction of sp³-hybridized carbons (Fsp3) is 0.294. The van der Waals surface area contributed by atoms with Crippen LogP contribution in [0.2, 0.25) is 0 Å². The van der Waals surface area contributed by atoms with Crippen molar-refractivity contribution in [2.75, 3.05) is 0 Å². The fourth-order valence-corrected chi connectivity index (χ4v) is 3.67. The summed E-state index contributed by atoms with van der Waals surface area (Å²) in [6.45, 7) is 4.35. The zero-order valence-corrected chi connectivity index (χ0v) is 14.2. The lowest BCUT2D eigenvalue weighted by Gasteiger charge is -2.20. The maximum atomic E-state index is 6.39. The van der Waals surface area contributed by atoms with Crippen molar-refractivity contribution >= 4 is 27.7 Å². The summed E-state index contributed by atoms with van der Waals surface area (Å²) < 4.78 is 1.13.